The van der Waals surface area contributed by atoms with Crippen molar-refractivity contribution < 1.29 is 0 Å². The van der Waals surface area contributed by atoms with E-state index in [4.69, 9.17) is 19.9 Å². The van der Waals surface area contributed by atoms with E-state index < -0.39 is 5.41 Å². The van der Waals surface area contributed by atoms with Crippen molar-refractivity contribution >= 4 is 16.4 Å². The molecule has 0 radical (unpaired) electrons. The number of imidazole rings is 1. The molecule has 5 heteroatoms. The van der Waals surface area contributed by atoms with Crippen LogP contribution < -0.4 is 0 Å². The summed E-state index contributed by atoms with van der Waals surface area (Å²) < 4.78 is 2.18. The van der Waals surface area contributed by atoms with Crippen LogP contribution in [0.1, 0.15) is 22.3 Å². The first-order valence-corrected chi connectivity index (χ1v) is 23.1. The maximum atomic E-state index is 5.54. The molecule has 0 fully saturated rings. The zero-order valence-electron chi connectivity index (χ0n) is 36.8. The summed E-state index contributed by atoms with van der Waals surface area (Å²) in [6, 6.07) is 82.3. The van der Waals surface area contributed by atoms with Crippen LogP contribution >= 0.6 is 0 Å². The maximum absolute atomic E-state index is 5.54. The monoisotopic (exact) mass is 865 g/mol. The Kier molecular flexibility index (Phi) is 8.43. The van der Waals surface area contributed by atoms with Gasteiger partial charge in [-0.2, -0.15) is 0 Å². The van der Waals surface area contributed by atoms with Crippen LogP contribution in [0.2, 0.25) is 0 Å². The number of benzene rings is 9. The van der Waals surface area contributed by atoms with E-state index in [0.717, 1.165) is 66.8 Å². The highest BCUT2D eigenvalue weighted by molar-refractivity contribution is 6.04. The van der Waals surface area contributed by atoms with Crippen LogP contribution in [0.5, 0.6) is 0 Å². The van der Waals surface area contributed by atoms with Crippen molar-refractivity contribution in [3.05, 3.63) is 259 Å². The van der Waals surface area contributed by atoms with Crippen LogP contribution in [0, 0.1) is 0 Å². The Balaban J connectivity index is 0.993. The number of hydrogen-bond donors (Lipinski definition) is 0. The van der Waals surface area contributed by atoms with Gasteiger partial charge in [0.1, 0.15) is 5.65 Å². The largest absolute Gasteiger partial charge is 0.299 e. The maximum Gasteiger partial charge on any atom is 0.165 e. The SMILES string of the molecule is c1ccc(-c2nc(-c3ccc4c(c3)C3(c5ccccc5-c5ccccc53)c3ccccc3-4)nc(-c3c(-c4cccc(-c5nc6ccccn6c5-c5ccccc5)c4)ccc4ccccc34)n2)cc1. The number of pyridine rings is 1. The molecule has 0 unspecified atom stereocenters. The fraction of sp³-hybridized carbons (Fsp3) is 0.0159. The van der Waals surface area contributed by atoms with Gasteiger partial charge in [0.15, 0.2) is 17.5 Å². The van der Waals surface area contributed by atoms with Gasteiger partial charge in [-0.25, -0.2) is 19.9 Å². The molecule has 3 heterocycles. The zero-order valence-corrected chi connectivity index (χ0v) is 36.8. The van der Waals surface area contributed by atoms with Crippen LogP contribution in [-0.2, 0) is 5.41 Å². The van der Waals surface area contributed by atoms with Crippen molar-refractivity contribution in [1.29, 1.82) is 0 Å². The Morgan fingerprint density at radius 2 is 0.868 bits per heavy atom. The van der Waals surface area contributed by atoms with Crippen LogP contribution in [0.25, 0.3) is 106 Å². The molecule has 14 rings (SSSR count). The molecule has 3 aromatic heterocycles. The molecule has 9 aromatic carbocycles. The van der Waals surface area contributed by atoms with Gasteiger partial charge in [-0.05, 0) is 90.7 Å². The van der Waals surface area contributed by atoms with E-state index in [2.05, 4.69) is 217 Å². The molecule has 1 spiro atoms. The second-order valence-electron chi connectivity index (χ2n) is 17.7. The Labute approximate surface area is 393 Å². The second-order valence-corrected chi connectivity index (χ2v) is 17.7. The van der Waals surface area contributed by atoms with Crippen LogP contribution in [0.4, 0.5) is 0 Å². The van der Waals surface area contributed by atoms with Crippen molar-refractivity contribution in [1.82, 2.24) is 24.3 Å². The van der Waals surface area contributed by atoms with Gasteiger partial charge < -0.3 is 0 Å². The average Bonchev–Trinajstić information content (AvgIpc) is 4.05. The van der Waals surface area contributed by atoms with E-state index in [1.165, 1.54) is 44.5 Å². The summed E-state index contributed by atoms with van der Waals surface area (Å²) in [5.41, 5.74) is 19.5. The quantitative estimate of drug-likeness (QED) is 0.167. The van der Waals surface area contributed by atoms with E-state index in [-0.39, 0.29) is 0 Å². The third kappa shape index (κ3) is 5.63. The van der Waals surface area contributed by atoms with Crippen molar-refractivity contribution in [3.63, 3.8) is 0 Å². The molecule has 0 bridgehead atoms. The van der Waals surface area contributed by atoms with E-state index >= 15 is 0 Å². The summed E-state index contributed by atoms with van der Waals surface area (Å²) in [7, 11) is 0. The molecule has 0 amide bonds. The summed E-state index contributed by atoms with van der Waals surface area (Å²) in [5.74, 6) is 1.84. The molecule has 0 N–H and O–H groups in total. The topological polar surface area (TPSA) is 56.0 Å². The second kappa shape index (κ2) is 15.0. The molecular weight excluding hydrogens is 827 g/mol. The van der Waals surface area contributed by atoms with Crippen molar-refractivity contribution in [2.75, 3.05) is 0 Å². The molecule has 68 heavy (non-hydrogen) atoms. The number of hydrogen-bond acceptors (Lipinski definition) is 4. The molecule has 316 valence electrons. The third-order valence-corrected chi connectivity index (χ3v) is 14.1. The van der Waals surface area contributed by atoms with E-state index in [0.29, 0.717) is 17.5 Å². The predicted octanol–water partition coefficient (Wildman–Crippen LogP) is 15.0. The number of rotatable bonds is 6. The lowest BCUT2D eigenvalue weighted by molar-refractivity contribution is 0.794. The van der Waals surface area contributed by atoms with E-state index in [1.54, 1.807) is 0 Å². The Bertz CT molecular complexity index is 3920. The minimum absolute atomic E-state index is 0.498. The Morgan fingerprint density at radius 3 is 1.59 bits per heavy atom. The minimum Gasteiger partial charge on any atom is -0.299 e. The summed E-state index contributed by atoms with van der Waals surface area (Å²) in [5, 5.41) is 2.17. The molecule has 0 atom stereocenters. The molecule has 0 saturated carbocycles. The van der Waals surface area contributed by atoms with Gasteiger partial charge in [-0.3, -0.25) is 4.40 Å². The molecule has 12 aromatic rings. The van der Waals surface area contributed by atoms with Gasteiger partial charge >= 0.3 is 0 Å². The van der Waals surface area contributed by atoms with Gasteiger partial charge in [0.05, 0.1) is 16.8 Å². The number of fused-ring (bicyclic) bond motifs is 12. The van der Waals surface area contributed by atoms with Gasteiger partial charge in [0, 0.05) is 34.0 Å². The normalized spacial score (nSPS) is 12.8. The highest BCUT2D eigenvalue weighted by Crippen LogP contribution is 2.63. The summed E-state index contributed by atoms with van der Waals surface area (Å²) >= 11 is 0. The van der Waals surface area contributed by atoms with Crippen LogP contribution in [0.15, 0.2) is 237 Å². The lowest BCUT2D eigenvalue weighted by Gasteiger charge is -2.30. The van der Waals surface area contributed by atoms with Crippen LogP contribution in [-0.4, -0.2) is 24.3 Å². The lowest BCUT2D eigenvalue weighted by atomic mass is 9.70. The van der Waals surface area contributed by atoms with Crippen molar-refractivity contribution in [2.45, 2.75) is 5.41 Å². The summed E-state index contributed by atoms with van der Waals surface area (Å²) in [6.07, 6.45) is 2.09. The standard InChI is InChI=1S/C63H39N5/c1-3-19-41(20-4-1)59-58(64-56-32-15-16-37-68(56)59)44-24-17-23-43(38-44)47-35-33-40-18-7-8-25-46(40)57(47)62-66-60(42-21-5-2-6-22-42)65-61(67-62)45-34-36-51-50-28-11-14-31-54(50)63(55(51)39-45)52-29-12-9-26-48(52)49-27-10-13-30-53(49)63/h1-39H. The van der Waals surface area contributed by atoms with Gasteiger partial charge in [-0.1, -0.05) is 206 Å². The predicted molar refractivity (Wildman–Crippen MR) is 275 cm³/mol. The van der Waals surface area contributed by atoms with E-state index in [9.17, 15) is 0 Å². The molecule has 2 aliphatic rings. The highest BCUT2D eigenvalue weighted by atomic mass is 15.0. The Hall–Kier alpha value is -9.06. The molecule has 0 aliphatic heterocycles. The molecular formula is C63H39N5. The smallest absolute Gasteiger partial charge is 0.165 e. The first kappa shape index (κ1) is 38.2. The Morgan fingerprint density at radius 1 is 0.324 bits per heavy atom. The fourth-order valence-electron chi connectivity index (χ4n) is 11.2. The van der Waals surface area contributed by atoms with Gasteiger partial charge in [0.25, 0.3) is 0 Å². The average molecular weight is 866 g/mol. The number of aromatic nitrogens is 5. The third-order valence-electron chi connectivity index (χ3n) is 14.1. The van der Waals surface area contributed by atoms with E-state index in [1.807, 2.05) is 24.3 Å². The van der Waals surface area contributed by atoms with Crippen LogP contribution in [0.3, 0.4) is 0 Å². The first-order chi connectivity index (χ1) is 33.7. The summed E-state index contributed by atoms with van der Waals surface area (Å²) in [6.45, 7) is 0. The zero-order chi connectivity index (χ0) is 44.8. The number of nitrogens with zero attached hydrogens (tertiary/aromatic N) is 5. The molecule has 5 nitrogen and oxygen atoms in total. The highest BCUT2D eigenvalue weighted by Gasteiger charge is 2.51. The minimum atomic E-state index is -0.498. The van der Waals surface area contributed by atoms with Crippen molar-refractivity contribution in [3.8, 4) is 90.1 Å². The molecule has 2 aliphatic carbocycles. The van der Waals surface area contributed by atoms with Gasteiger partial charge in [0.2, 0.25) is 0 Å². The van der Waals surface area contributed by atoms with Gasteiger partial charge in [-0.15, -0.1) is 0 Å². The van der Waals surface area contributed by atoms with Crippen molar-refractivity contribution in [2.24, 2.45) is 0 Å². The fourth-order valence-corrected chi connectivity index (χ4v) is 11.2. The molecule has 0 saturated heterocycles. The lowest BCUT2D eigenvalue weighted by Crippen LogP contribution is -2.25. The summed E-state index contributed by atoms with van der Waals surface area (Å²) in [4.78, 5) is 21.5. The first-order valence-electron chi connectivity index (χ1n) is 23.1.